The highest BCUT2D eigenvalue weighted by molar-refractivity contribution is 6.00. The molecular weight excluding hydrogens is 448 g/mol. The van der Waals surface area contributed by atoms with Crippen LogP contribution in [0.1, 0.15) is 169 Å². The first-order valence-corrected chi connectivity index (χ1v) is 15.7. The SMILES string of the molecule is CCCCCCCCOC(=O)C(CCCCC)=C(CCCCCCC)C(=O)OCCCCCCCC. The Labute approximate surface area is 224 Å². The molecule has 0 heterocycles. The van der Waals surface area contributed by atoms with Crippen molar-refractivity contribution in [3.8, 4) is 0 Å². The topological polar surface area (TPSA) is 52.6 Å². The number of hydrogen-bond acceptors (Lipinski definition) is 4. The lowest BCUT2D eigenvalue weighted by atomic mass is 9.96. The van der Waals surface area contributed by atoms with Gasteiger partial charge in [-0.25, -0.2) is 9.59 Å². The van der Waals surface area contributed by atoms with Crippen molar-refractivity contribution in [3.63, 3.8) is 0 Å². The third-order valence-electron chi connectivity index (χ3n) is 6.88. The molecule has 0 aliphatic rings. The van der Waals surface area contributed by atoms with Crippen molar-refractivity contribution >= 4 is 11.9 Å². The molecule has 0 aromatic rings. The molecule has 0 N–H and O–H groups in total. The van der Waals surface area contributed by atoms with Crippen LogP contribution >= 0.6 is 0 Å². The Bertz CT molecular complexity index is 552. The minimum Gasteiger partial charge on any atom is -0.462 e. The molecule has 0 radical (unpaired) electrons. The molecule has 0 unspecified atom stereocenters. The van der Waals surface area contributed by atoms with E-state index in [4.69, 9.17) is 9.47 Å². The van der Waals surface area contributed by atoms with Crippen molar-refractivity contribution < 1.29 is 19.1 Å². The average Bonchev–Trinajstić information content (AvgIpc) is 2.88. The minimum atomic E-state index is -0.292. The first kappa shape index (κ1) is 34.7. The molecule has 0 aliphatic heterocycles. The maximum Gasteiger partial charge on any atom is 0.334 e. The number of hydrogen-bond donors (Lipinski definition) is 0. The number of carbonyl (C=O) groups excluding carboxylic acids is 2. The number of unbranched alkanes of at least 4 members (excludes halogenated alkanes) is 16. The minimum absolute atomic E-state index is 0.290. The van der Waals surface area contributed by atoms with Crippen LogP contribution in [-0.2, 0) is 19.1 Å². The van der Waals surface area contributed by atoms with Crippen LogP contribution in [0.5, 0.6) is 0 Å². The number of esters is 2. The lowest BCUT2D eigenvalue weighted by Gasteiger charge is -2.15. The van der Waals surface area contributed by atoms with Crippen molar-refractivity contribution in [3.05, 3.63) is 11.1 Å². The van der Waals surface area contributed by atoms with Crippen LogP contribution in [0.25, 0.3) is 0 Å². The summed E-state index contributed by atoms with van der Waals surface area (Å²) in [6, 6.07) is 0. The van der Waals surface area contributed by atoms with Crippen LogP contribution in [0.15, 0.2) is 11.1 Å². The Balaban J connectivity index is 5.14. The summed E-state index contributed by atoms with van der Waals surface area (Å²) >= 11 is 0. The van der Waals surface area contributed by atoms with E-state index in [1.54, 1.807) is 0 Å². The first-order valence-electron chi connectivity index (χ1n) is 15.7. The van der Waals surface area contributed by atoms with Gasteiger partial charge in [-0.3, -0.25) is 0 Å². The summed E-state index contributed by atoms with van der Waals surface area (Å²) in [4.78, 5) is 26.3. The monoisotopic (exact) mass is 508 g/mol. The largest absolute Gasteiger partial charge is 0.462 e. The van der Waals surface area contributed by atoms with Crippen molar-refractivity contribution in [1.29, 1.82) is 0 Å². The molecule has 0 rings (SSSR count). The van der Waals surface area contributed by atoms with E-state index in [0.717, 1.165) is 57.8 Å². The molecule has 0 aromatic carbocycles. The van der Waals surface area contributed by atoms with Gasteiger partial charge in [0.05, 0.1) is 13.2 Å². The molecule has 0 aliphatic carbocycles. The van der Waals surface area contributed by atoms with Crippen molar-refractivity contribution in [2.75, 3.05) is 13.2 Å². The molecular formula is C32H60O4. The van der Waals surface area contributed by atoms with Crippen LogP contribution in [0, 0.1) is 0 Å². The molecule has 36 heavy (non-hydrogen) atoms. The zero-order valence-electron chi connectivity index (χ0n) is 24.6. The predicted octanol–water partition coefficient (Wildman–Crippen LogP) is 10.0. The second kappa shape index (κ2) is 26.7. The van der Waals surface area contributed by atoms with Gasteiger partial charge in [-0.1, -0.05) is 130 Å². The maximum absolute atomic E-state index is 13.2. The summed E-state index contributed by atoms with van der Waals surface area (Å²) in [6.07, 6.45) is 23.7. The summed E-state index contributed by atoms with van der Waals surface area (Å²) < 4.78 is 11.4. The van der Waals surface area contributed by atoms with E-state index in [2.05, 4.69) is 27.7 Å². The van der Waals surface area contributed by atoms with Gasteiger partial charge in [0.2, 0.25) is 0 Å². The van der Waals surface area contributed by atoms with E-state index >= 15 is 0 Å². The lowest BCUT2D eigenvalue weighted by molar-refractivity contribution is -0.142. The molecule has 0 fully saturated rings. The molecule has 0 saturated heterocycles. The molecule has 212 valence electrons. The molecule has 0 amide bonds. The summed E-state index contributed by atoms with van der Waals surface area (Å²) in [5.41, 5.74) is 1.17. The highest BCUT2D eigenvalue weighted by atomic mass is 16.5. The van der Waals surface area contributed by atoms with E-state index < -0.39 is 0 Å². The average molecular weight is 509 g/mol. The Hall–Kier alpha value is -1.32. The quantitative estimate of drug-likeness (QED) is 0.0662. The smallest absolute Gasteiger partial charge is 0.334 e. The van der Waals surface area contributed by atoms with Crippen LogP contribution < -0.4 is 0 Å². The maximum atomic E-state index is 13.2. The second-order valence-corrected chi connectivity index (χ2v) is 10.4. The van der Waals surface area contributed by atoms with Gasteiger partial charge in [0.1, 0.15) is 0 Å². The van der Waals surface area contributed by atoms with Gasteiger partial charge in [-0.15, -0.1) is 0 Å². The van der Waals surface area contributed by atoms with Crippen molar-refractivity contribution in [2.45, 2.75) is 169 Å². The van der Waals surface area contributed by atoms with Gasteiger partial charge < -0.3 is 9.47 Å². The molecule has 4 nitrogen and oxygen atoms in total. The molecule has 0 bridgehead atoms. The van der Waals surface area contributed by atoms with E-state index in [1.807, 2.05) is 0 Å². The number of carbonyl (C=O) groups is 2. The zero-order chi connectivity index (χ0) is 26.7. The van der Waals surface area contributed by atoms with Crippen molar-refractivity contribution in [2.24, 2.45) is 0 Å². The molecule has 0 aromatic heterocycles. The highest BCUT2D eigenvalue weighted by Crippen LogP contribution is 2.23. The van der Waals surface area contributed by atoms with E-state index in [-0.39, 0.29) is 11.9 Å². The van der Waals surface area contributed by atoms with Crippen LogP contribution in [0.3, 0.4) is 0 Å². The first-order chi connectivity index (χ1) is 17.6. The van der Waals surface area contributed by atoms with Crippen LogP contribution in [0.2, 0.25) is 0 Å². The van der Waals surface area contributed by atoms with Gasteiger partial charge in [-0.2, -0.15) is 0 Å². The summed E-state index contributed by atoms with van der Waals surface area (Å²) in [5, 5.41) is 0. The Morgan fingerprint density at radius 1 is 0.389 bits per heavy atom. The van der Waals surface area contributed by atoms with E-state index in [9.17, 15) is 9.59 Å². The fourth-order valence-electron chi connectivity index (χ4n) is 4.48. The lowest BCUT2D eigenvalue weighted by Crippen LogP contribution is -2.18. The Kier molecular flexibility index (Phi) is 25.8. The standard InChI is InChI=1S/C32H60O4/c1-5-9-13-16-19-23-27-35-31(33)29(25-21-12-8-4)30(26-22-18-15-11-7-3)32(34)36-28-24-20-17-14-10-6-2/h5-28H2,1-4H3. The second-order valence-electron chi connectivity index (χ2n) is 10.4. The van der Waals surface area contributed by atoms with Gasteiger partial charge in [-0.05, 0) is 38.5 Å². The van der Waals surface area contributed by atoms with Gasteiger partial charge >= 0.3 is 11.9 Å². The van der Waals surface area contributed by atoms with Crippen LogP contribution in [-0.4, -0.2) is 25.2 Å². The molecule has 0 atom stereocenters. The predicted molar refractivity (Wildman–Crippen MR) is 153 cm³/mol. The fourth-order valence-corrected chi connectivity index (χ4v) is 4.48. The highest BCUT2D eigenvalue weighted by Gasteiger charge is 2.23. The number of ether oxygens (including phenoxy) is 2. The van der Waals surface area contributed by atoms with E-state index in [0.29, 0.717) is 37.2 Å². The van der Waals surface area contributed by atoms with Gasteiger partial charge in [0.15, 0.2) is 0 Å². The molecule has 0 saturated carbocycles. The summed E-state index contributed by atoms with van der Waals surface area (Å²) in [6.45, 7) is 9.68. The summed E-state index contributed by atoms with van der Waals surface area (Å²) in [5.74, 6) is -0.582. The normalized spacial score (nSPS) is 11.9. The van der Waals surface area contributed by atoms with Gasteiger partial charge in [0.25, 0.3) is 0 Å². The molecule has 0 spiro atoms. The van der Waals surface area contributed by atoms with E-state index in [1.165, 1.54) is 70.6 Å². The molecule has 4 heteroatoms. The third kappa shape index (κ3) is 19.8. The summed E-state index contributed by atoms with van der Waals surface area (Å²) in [7, 11) is 0. The fraction of sp³-hybridized carbons (Fsp3) is 0.875. The van der Waals surface area contributed by atoms with Gasteiger partial charge in [0, 0.05) is 11.1 Å². The van der Waals surface area contributed by atoms with Crippen molar-refractivity contribution in [1.82, 2.24) is 0 Å². The Morgan fingerprint density at radius 2 is 0.667 bits per heavy atom. The van der Waals surface area contributed by atoms with Crippen LogP contribution in [0.4, 0.5) is 0 Å². The third-order valence-corrected chi connectivity index (χ3v) is 6.88. The Morgan fingerprint density at radius 3 is 1.06 bits per heavy atom. The zero-order valence-corrected chi connectivity index (χ0v) is 24.6. The number of rotatable bonds is 26.